The summed E-state index contributed by atoms with van der Waals surface area (Å²) in [6, 6.07) is 0. The van der Waals surface area contributed by atoms with Gasteiger partial charge in [-0.1, -0.05) is 142 Å². The molecule has 0 aromatic carbocycles. The first-order valence-corrected chi connectivity index (χ1v) is 20.6. The molecule has 2 aromatic heterocycles. The van der Waals surface area contributed by atoms with Crippen LogP contribution < -0.4 is 33.9 Å². The summed E-state index contributed by atoms with van der Waals surface area (Å²) in [4.78, 5) is 0. The quantitative estimate of drug-likeness (QED) is 0.0725. The molecule has 2 rings (SSSR count). The Morgan fingerprint density at radius 3 is 1.00 bits per heavy atom. The summed E-state index contributed by atoms with van der Waals surface area (Å²) in [5.74, 6) is 0. The van der Waals surface area contributed by atoms with Crippen LogP contribution in [-0.2, 0) is 36.0 Å². The molecular formula is C41H78Cl2N4O2. The fraction of sp³-hybridized carbons (Fsp3) is 0.854. The topological polar surface area (TPSA) is 36.1 Å². The molecule has 49 heavy (non-hydrogen) atoms. The predicted octanol–water partition coefficient (Wildman–Crippen LogP) is 5.09. The van der Waals surface area contributed by atoms with E-state index in [4.69, 9.17) is 9.47 Å². The second-order valence-corrected chi connectivity index (χ2v) is 14.2. The zero-order chi connectivity index (χ0) is 33.3. The van der Waals surface area contributed by atoms with Crippen molar-refractivity contribution in [3.05, 3.63) is 37.4 Å². The maximum Gasteiger partial charge on any atom is 0.245 e. The summed E-state index contributed by atoms with van der Waals surface area (Å²) in [6.45, 7) is 9.75. The third-order valence-corrected chi connectivity index (χ3v) is 9.59. The van der Waals surface area contributed by atoms with Gasteiger partial charge < -0.3 is 34.3 Å². The number of hydrogen-bond acceptors (Lipinski definition) is 2. The summed E-state index contributed by atoms with van der Waals surface area (Å²) in [7, 11) is 0. The Hall–Kier alpha value is -1.08. The highest BCUT2D eigenvalue weighted by atomic mass is 35.5. The predicted molar refractivity (Wildman–Crippen MR) is 197 cm³/mol. The molecule has 0 bridgehead atoms. The van der Waals surface area contributed by atoms with Crippen molar-refractivity contribution in [2.75, 3.05) is 13.2 Å². The minimum atomic E-state index is 0. The van der Waals surface area contributed by atoms with E-state index in [1.165, 1.54) is 154 Å². The lowest BCUT2D eigenvalue weighted by molar-refractivity contribution is -0.732. The summed E-state index contributed by atoms with van der Waals surface area (Å²) < 4.78 is 20.8. The average Bonchev–Trinajstić information content (AvgIpc) is 3.74. The standard InChI is InChI=1S/C41H78N4O2.2ClH/c1-3-5-7-9-11-13-15-17-19-21-23-26-30-42-32-34-44(38-42)40-46-36-28-25-29-37-47-41-45-35-33-43(39-45)31-27-24-22-20-18-16-14-12-10-8-6-4-2;;/h32-35,38-39H,3-31,36-37,40-41H2,1-2H3;2*1H/q+2;;/p-2. The number of aromatic nitrogens is 4. The van der Waals surface area contributed by atoms with Gasteiger partial charge in [0.2, 0.25) is 12.7 Å². The normalized spacial score (nSPS) is 11.1. The van der Waals surface area contributed by atoms with Crippen molar-refractivity contribution in [3.63, 3.8) is 0 Å². The van der Waals surface area contributed by atoms with Gasteiger partial charge in [-0.3, -0.25) is 0 Å². The van der Waals surface area contributed by atoms with Crippen LogP contribution in [0.4, 0.5) is 0 Å². The van der Waals surface area contributed by atoms with E-state index in [2.05, 4.69) is 69.6 Å². The maximum absolute atomic E-state index is 5.91. The molecule has 0 saturated heterocycles. The molecular weight excluding hydrogens is 651 g/mol. The Bertz CT molecular complexity index is 851. The van der Waals surface area contributed by atoms with Crippen molar-refractivity contribution in [1.82, 2.24) is 9.13 Å². The Balaban J connectivity index is 0.0000115. The summed E-state index contributed by atoms with van der Waals surface area (Å²) in [5.41, 5.74) is 0. The van der Waals surface area contributed by atoms with Gasteiger partial charge in [-0.05, 0) is 44.9 Å². The Kier molecular flexibility index (Phi) is 35.9. The Morgan fingerprint density at radius 2 is 0.673 bits per heavy atom. The van der Waals surface area contributed by atoms with E-state index >= 15 is 0 Å². The molecule has 0 saturated carbocycles. The smallest absolute Gasteiger partial charge is 0.245 e. The highest BCUT2D eigenvalue weighted by Gasteiger charge is 2.05. The summed E-state index contributed by atoms with van der Waals surface area (Å²) >= 11 is 0. The van der Waals surface area contributed by atoms with E-state index in [0.717, 1.165) is 45.6 Å². The van der Waals surface area contributed by atoms with Crippen LogP contribution >= 0.6 is 0 Å². The van der Waals surface area contributed by atoms with E-state index in [0.29, 0.717) is 13.5 Å². The second-order valence-electron chi connectivity index (χ2n) is 14.2. The van der Waals surface area contributed by atoms with Gasteiger partial charge >= 0.3 is 0 Å². The number of halogens is 2. The van der Waals surface area contributed by atoms with Gasteiger partial charge in [-0.25, -0.2) is 18.3 Å². The lowest BCUT2D eigenvalue weighted by atomic mass is 10.1. The molecule has 0 spiro atoms. The van der Waals surface area contributed by atoms with Gasteiger partial charge in [0.05, 0.1) is 26.3 Å². The van der Waals surface area contributed by atoms with E-state index in [1.807, 2.05) is 0 Å². The fourth-order valence-corrected chi connectivity index (χ4v) is 6.49. The Morgan fingerprint density at radius 1 is 0.388 bits per heavy atom. The highest BCUT2D eigenvalue weighted by molar-refractivity contribution is 4.67. The second kappa shape index (κ2) is 36.7. The van der Waals surface area contributed by atoms with Crippen LogP contribution in [0.1, 0.15) is 187 Å². The van der Waals surface area contributed by atoms with Crippen LogP contribution in [0, 0.1) is 0 Å². The van der Waals surface area contributed by atoms with Crippen molar-refractivity contribution in [3.8, 4) is 0 Å². The first kappa shape index (κ1) is 47.9. The van der Waals surface area contributed by atoms with Crippen molar-refractivity contribution >= 4 is 0 Å². The van der Waals surface area contributed by atoms with Crippen molar-refractivity contribution in [2.45, 2.75) is 214 Å². The molecule has 0 fully saturated rings. The molecule has 8 heteroatoms. The molecule has 0 N–H and O–H groups in total. The van der Waals surface area contributed by atoms with E-state index < -0.39 is 0 Å². The van der Waals surface area contributed by atoms with Gasteiger partial charge in [0.15, 0.2) is 13.5 Å². The zero-order valence-electron chi connectivity index (χ0n) is 32.2. The van der Waals surface area contributed by atoms with Crippen LogP contribution in [0.25, 0.3) is 0 Å². The van der Waals surface area contributed by atoms with E-state index in [9.17, 15) is 0 Å². The molecule has 0 atom stereocenters. The Labute approximate surface area is 315 Å². The third-order valence-electron chi connectivity index (χ3n) is 9.59. The lowest BCUT2D eigenvalue weighted by Gasteiger charge is -2.03. The molecule has 288 valence electrons. The zero-order valence-corrected chi connectivity index (χ0v) is 33.7. The van der Waals surface area contributed by atoms with Crippen molar-refractivity contribution in [2.24, 2.45) is 0 Å². The van der Waals surface area contributed by atoms with Gasteiger partial charge in [0, 0.05) is 0 Å². The number of rotatable bonds is 36. The molecule has 0 amide bonds. The largest absolute Gasteiger partial charge is 1.00 e. The molecule has 0 aliphatic heterocycles. The number of nitrogens with zero attached hydrogens (tertiary/aromatic N) is 4. The SMILES string of the molecule is CCCCCCCCCCCCCCn1cc[n+](COCCCCCOC[n+]2ccn(CCCCCCCCCCCCCC)c2)c1.[Cl-].[Cl-]. The third kappa shape index (κ3) is 29.2. The number of ether oxygens (including phenoxy) is 2. The molecule has 2 heterocycles. The summed E-state index contributed by atoms with van der Waals surface area (Å²) in [6.07, 6.45) is 50.0. The molecule has 0 aliphatic carbocycles. The first-order chi connectivity index (χ1) is 23.3. The number of unbranched alkanes of at least 4 members (excludes halogenated alkanes) is 24. The van der Waals surface area contributed by atoms with Crippen LogP contribution in [0.15, 0.2) is 37.4 Å². The van der Waals surface area contributed by atoms with Gasteiger partial charge in [-0.15, -0.1) is 0 Å². The first-order valence-electron chi connectivity index (χ1n) is 20.6. The summed E-state index contributed by atoms with van der Waals surface area (Å²) in [5, 5.41) is 0. The maximum atomic E-state index is 5.91. The molecule has 2 aromatic rings. The fourth-order valence-electron chi connectivity index (χ4n) is 6.49. The minimum Gasteiger partial charge on any atom is -1.00 e. The minimum absolute atomic E-state index is 0. The number of imidazole rings is 2. The molecule has 0 unspecified atom stereocenters. The van der Waals surface area contributed by atoms with E-state index in [-0.39, 0.29) is 24.8 Å². The van der Waals surface area contributed by atoms with Crippen molar-refractivity contribution in [1.29, 1.82) is 0 Å². The van der Waals surface area contributed by atoms with Crippen LogP contribution in [0.3, 0.4) is 0 Å². The lowest BCUT2D eigenvalue weighted by Crippen LogP contribution is -3.00. The molecule has 0 radical (unpaired) electrons. The van der Waals surface area contributed by atoms with Gasteiger partial charge in [-0.2, -0.15) is 0 Å². The van der Waals surface area contributed by atoms with Crippen LogP contribution in [0.5, 0.6) is 0 Å². The highest BCUT2D eigenvalue weighted by Crippen LogP contribution is 2.13. The monoisotopic (exact) mass is 729 g/mol. The molecule has 0 aliphatic rings. The van der Waals surface area contributed by atoms with E-state index in [1.54, 1.807) is 0 Å². The van der Waals surface area contributed by atoms with Gasteiger partial charge in [0.25, 0.3) is 0 Å². The van der Waals surface area contributed by atoms with Crippen molar-refractivity contribution < 1.29 is 43.4 Å². The molecule has 6 nitrogen and oxygen atoms in total. The van der Waals surface area contributed by atoms with Crippen LogP contribution in [0.2, 0.25) is 0 Å². The van der Waals surface area contributed by atoms with Gasteiger partial charge in [0.1, 0.15) is 24.8 Å². The average molecular weight is 730 g/mol. The number of hydrogen-bond donors (Lipinski definition) is 0. The van der Waals surface area contributed by atoms with Crippen LogP contribution in [-0.4, -0.2) is 22.3 Å². The number of aryl methyl sites for hydroxylation is 2.